The van der Waals surface area contributed by atoms with Crippen molar-refractivity contribution in [1.29, 1.82) is 0 Å². The highest BCUT2D eigenvalue weighted by Crippen LogP contribution is 2.50. The summed E-state index contributed by atoms with van der Waals surface area (Å²) in [5, 5.41) is 4.47. The van der Waals surface area contributed by atoms with Crippen LogP contribution in [0.2, 0.25) is 0 Å². The predicted molar refractivity (Wildman–Crippen MR) is 84.0 cm³/mol. The topological polar surface area (TPSA) is 43.8 Å². The van der Waals surface area contributed by atoms with Crippen LogP contribution in [0.1, 0.15) is 43.8 Å². The number of para-hydroxylation sites is 1. The van der Waals surface area contributed by atoms with E-state index in [0.717, 1.165) is 35.6 Å². The Balaban J connectivity index is 1.53. The van der Waals surface area contributed by atoms with Gasteiger partial charge in [-0.3, -0.25) is 0 Å². The Kier molecular flexibility index (Phi) is 3.30. The Morgan fingerprint density at radius 3 is 2.71 bits per heavy atom. The molecule has 0 spiro atoms. The van der Waals surface area contributed by atoms with Crippen LogP contribution in [0.3, 0.4) is 0 Å². The largest absolute Gasteiger partial charge is 0.323 e. The SMILES string of the molecule is NC(CC1CC2CCC1C2)c1ccnn1-c1ccccc1. The van der Waals surface area contributed by atoms with E-state index in [0.29, 0.717) is 0 Å². The molecule has 2 N–H and O–H groups in total. The summed E-state index contributed by atoms with van der Waals surface area (Å²) in [4.78, 5) is 0. The molecule has 4 atom stereocenters. The maximum atomic E-state index is 6.53. The molecule has 2 fully saturated rings. The highest BCUT2D eigenvalue weighted by Gasteiger charge is 2.40. The number of hydrogen-bond donors (Lipinski definition) is 1. The van der Waals surface area contributed by atoms with Gasteiger partial charge >= 0.3 is 0 Å². The number of nitrogens with two attached hydrogens (primary N) is 1. The van der Waals surface area contributed by atoms with E-state index < -0.39 is 0 Å². The highest BCUT2D eigenvalue weighted by atomic mass is 15.3. The molecule has 2 aromatic rings. The summed E-state index contributed by atoms with van der Waals surface area (Å²) in [5.74, 6) is 2.76. The second-order valence-electron chi connectivity index (χ2n) is 6.78. The molecular weight excluding hydrogens is 258 g/mol. The molecule has 3 nitrogen and oxygen atoms in total. The molecule has 4 rings (SSSR count). The van der Waals surface area contributed by atoms with Crippen LogP contribution in [0, 0.1) is 17.8 Å². The Labute approximate surface area is 126 Å². The zero-order valence-electron chi connectivity index (χ0n) is 12.4. The summed E-state index contributed by atoms with van der Waals surface area (Å²) in [6.45, 7) is 0. The third kappa shape index (κ3) is 2.40. The van der Waals surface area contributed by atoms with Gasteiger partial charge in [0, 0.05) is 12.2 Å². The van der Waals surface area contributed by atoms with E-state index in [9.17, 15) is 0 Å². The van der Waals surface area contributed by atoms with E-state index >= 15 is 0 Å². The predicted octanol–water partition coefficient (Wildman–Crippen LogP) is 3.70. The van der Waals surface area contributed by atoms with Gasteiger partial charge in [0.1, 0.15) is 0 Å². The molecule has 0 aliphatic heterocycles. The summed E-state index contributed by atoms with van der Waals surface area (Å²) in [7, 11) is 0. The molecular formula is C18H23N3. The Morgan fingerprint density at radius 2 is 2.00 bits per heavy atom. The van der Waals surface area contributed by atoms with E-state index in [-0.39, 0.29) is 6.04 Å². The van der Waals surface area contributed by atoms with Crippen molar-refractivity contribution >= 4 is 0 Å². The van der Waals surface area contributed by atoms with Gasteiger partial charge in [0.15, 0.2) is 0 Å². The average molecular weight is 281 g/mol. The minimum absolute atomic E-state index is 0.0945. The van der Waals surface area contributed by atoms with Gasteiger partial charge in [0.2, 0.25) is 0 Å². The van der Waals surface area contributed by atoms with Crippen molar-refractivity contribution in [2.75, 3.05) is 0 Å². The van der Waals surface area contributed by atoms with Crippen LogP contribution in [0.5, 0.6) is 0 Å². The van der Waals surface area contributed by atoms with Gasteiger partial charge < -0.3 is 5.73 Å². The molecule has 1 aromatic carbocycles. The summed E-state index contributed by atoms with van der Waals surface area (Å²) >= 11 is 0. The van der Waals surface area contributed by atoms with Crippen LogP contribution in [0.25, 0.3) is 5.69 Å². The lowest BCUT2D eigenvalue weighted by Crippen LogP contribution is -2.21. The first-order chi connectivity index (χ1) is 10.3. The molecule has 2 aliphatic rings. The lowest BCUT2D eigenvalue weighted by Gasteiger charge is -2.25. The number of nitrogens with zero attached hydrogens (tertiary/aromatic N) is 2. The van der Waals surface area contributed by atoms with Gasteiger partial charge in [-0.25, -0.2) is 4.68 Å². The number of aromatic nitrogens is 2. The molecule has 1 aromatic heterocycles. The highest BCUT2D eigenvalue weighted by molar-refractivity contribution is 5.33. The second-order valence-corrected chi connectivity index (χ2v) is 6.78. The smallest absolute Gasteiger partial charge is 0.0649 e. The molecule has 3 heteroatoms. The normalized spacial score (nSPS) is 28.9. The Hall–Kier alpha value is -1.61. The third-order valence-electron chi connectivity index (χ3n) is 5.49. The van der Waals surface area contributed by atoms with Crippen LogP contribution in [-0.2, 0) is 0 Å². The maximum absolute atomic E-state index is 6.53. The van der Waals surface area contributed by atoms with Gasteiger partial charge in [0.25, 0.3) is 0 Å². The second kappa shape index (κ2) is 5.30. The van der Waals surface area contributed by atoms with Gasteiger partial charge in [-0.2, -0.15) is 5.10 Å². The number of fused-ring (bicyclic) bond motifs is 2. The zero-order valence-corrected chi connectivity index (χ0v) is 12.4. The third-order valence-corrected chi connectivity index (χ3v) is 5.49. The molecule has 0 radical (unpaired) electrons. The lowest BCUT2D eigenvalue weighted by atomic mass is 9.84. The van der Waals surface area contributed by atoms with Crippen LogP contribution >= 0.6 is 0 Å². The Morgan fingerprint density at radius 1 is 1.14 bits per heavy atom. The molecule has 0 amide bonds. The van der Waals surface area contributed by atoms with Crippen molar-refractivity contribution in [2.24, 2.45) is 23.5 Å². The number of hydrogen-bond acceptors (Lipinski definition) is 2. The maximum Gasteiger partial charge on any atom is 0.0649 e. The Bertz CT molecular complexity index is 604. The fourth-order valence-electron chi connectivity index (χ4n) is 4.49. The summed E-state index contributed by atoms with van der Waals surface area (Å²) < 4.78 is 2.00. The van der Waals surface area contributed by atoms with Crippen molar-refractivity contribution in [2.45, 2.75) is 38.1 Å². The van der Waals surface area contributed by atoms with Gasteiger partial charge in [-0.05, 0) is 61.6 Å². The minimum atomic E-state index is 0.0945. The van der Waals surface area contributed by atoms with Crippen molar-refractivity contribution in [3.05, 3.63) is 48.3 Å². The molecule has 2 saturated carbocycles. The quantitative estimate of drug-likeness (QED) is 0.928. The molecule has 2 aliphatic carbocycles. The number of benzene rings is 1. The summed E-state index contributed by atoms with van der Waals surface area (Å²) in [6, 6.07) is 12.5. The minimum Gasteiger partial charge on any atom is -0.323 e. The lowest BCUT2D eigenvalue weighted by molar-refractivity contribution is 0.293. The fourth-order valence-corrected chi connectivity index (χ4v) is 4.49. The van der Waals surface area contributed by atoms with Crippen LogP contribution in [0.15, 0.2) is 42.6 Å². The van der Waals surface area contributed by atoms with Crippen LogP contribution < -0.4 is 5.73 Å². The fraction of sp³-hybridized carbons (Fsp3) is 0.500. The first kappa shape index (κ1) is 13.1. The first-order valence-corrected chi connectivity index (χ1v) is 8.16. The van der Waals surface area contributed by atoms with E-state index in [2.05, 4.69) is 23.3 Å². The summed E-state index contributed by atoms with van der Waals surface area (Å²) in [5.41, 5.74) is 8.77. The zero-order chi connectivity index (χ0) is 14.2. The van der Waals surface area contributed by atoms with E-state index in [1.165, 1.54) is 25.7 Å². The van der Waals surface area contributed by atoms with E-state index in [4.69, 9.17) is 5.73 Å². The average Bonchev–Trinajstić information content (AvgIpc) is 3.24. The van der Waals surface area contributed by atoms with E-state index in [1.807, 2.05) is 29.1 Å². The molecule has 1 heterocycles. The summed E-state index contributed by atoms with van der Waals surface area (Å²) in [6.07, 6.45) is 8.72. The van der Waals surface area contributed by atoms with Crippen molar-refractivity contribution in [3.63, 3.8) is 0 Å². The van der Waals surface area contributed by atoms with Crippen molar-refractivity contribution in [1.82, 2.24) is 9.78 Å². The number of rotatable bonds is 4. The molecule has 21 heavy (non-hydrogen) atoms. The van der Waals surface area contributed by atoms with Crippen LogP contribution in [0.4, 0.5) is 0 Å². The molecule has 0 saturated heterocycles. The van der Waals surface area contributed by atoms with Gasteiger partial charge in [0.05, 0.1) is 11.4 Å². The standard InChI is InChI=1S/C18H23N3/c19-17(12-15-11-13-6-7-14(15)10-13)18-8-9-20-21(18)16-4-2-1-3-5-16/h1-5,8-9,13-15,17H,6-7,10-12,19H2. The molecule has 2 bridgehead atoms. The molecule has 4 unspecified atom stereocenters. The van der Waals surface area contributed by atoms with Crippen LogP contribution in [-0.4, -0.2) is 9.78 Å². The van der Waals surface area contributed by atoms with Crippen molar-refractivity contribution < 1.29 is 0 Å². The monoisotopic (exact) mass is 281 g/mol. The van der Waals surface area contributed by atoms with Crippen molar-refractivity contribution in [3.8, 4) is 5.69 Å². The van der Waals surface area contributed by atoms with E-state index in [1.54, 1.807) is 0 Å². The van der Waals surface area contributed by atoms with Gasteiger partial charge in [-0.1, -0.05) is 24.6 Å². The molecule has 110 valence electrons. The first-order valence-electron chi connectivity index (χ1n) is 8.16. The van der Waals surface area contributed by atoms with Gasteiger partial charge in [-0.15, -0.1) is 0 Å².